The van der Waals surface area contributed by atoms with Crippen LogP contribution in [0.15, 0.2) is 24.3 Å². The number of fused-ring (bicyclic) bond motifs is 1. The van der Waals surface area contributed by atoms with Gasteiger partial charge in [0.15, 0.2) is 36.5 Å². The van der Waals surface area contributed by atoms with Crippen molar-refractivity contribution in [1.29, 1.82) is 0 Å². The molecule has 0 bridgehead atoms. The molecule has 18 nitrogen and oxygen atoms in total. The molecule has 3 heterocycles. The van der Waals surface area contributed by atoms with Gasteiger partial charge >= 0.3 is 35.8 Å². The van der Waals surface area contributed by atoms with E-state index >= 15 is 0 Å². The van der Waals surface area contributed by atoms with Gasteiger partial charge in [0.25, 0.3) is 0 Å². The van der Waals surface area contributed by atoms with Crippen LogP contribution >= 0.6 is 0 Å². The summed E-state index contributed by atoms with van der Waals surface area (Å²) in [5.41, 5.74) is 0.127. The van der Waals surface area contributed by atoms with Gasteiger partial charge in [0.05, 0.1) is 25.2 Å². The molecule has 0 spiro atoms. The quantitative estimate of drug-likeness (QED) is 0.227. The molecule has 3 aliphatic rings. The molecule has 1 aromatic carbocycles. The fourth-order valence-corrected chi connectivity index (χ4v) is 6.00. The van der Waals surface area contributed by atoms with Crippen molar-refractivity contribution in [3.8, 4) is 5.75 Å². The van der Waals surface area contributed by atoms with Gasteiger partial charge < -0.3 is 52.1 Å². The van der Waals surface area contributed by atoms with Crippen LogP contribution in [0.25, 0.3) is 0 Å². The van der Waals surface area contributed by atoms with Gasteiger partial charge in [-0.15, -0.1) is 0 Å². The molecular weight excluding hydrogens is 684 g/mol. The SMILES string of the molecule is COc1ccc(C(=O)O[C@@H]2[C@H](OC(C)=O)OCC(=O)[C@@H]3[C@@H](O[C@@H]4O[C@H](COC(C)=O)[C@@H](OC(C)=O)[C@H](OC(C)=O)[C@H]4OC(C)=O)OCC[C@@H]23)cc1. The van der Waals surface area contributed by atoms with Crippen molar-refractivity contribution in [2.45, 2.75) is 90.4 Å². The zero-order valence-electron chi connectivity index (χ0n) is 28.8. The highest BCUT2D eigenvalue weighted by Crippen LogP contribution is 2.40. The minimum Gasteiger partial charge on any atom is -0.497 e. The Bertz CT molecular complexity index is 1460. The minimum absolute atomic E-state index is 0.0756. The first kappa shape index (κ1) is 39.1. The number of hydrogen-bond donors (Lipinski definition) is 0. The van der Waals surface area contributed by atoms with E-state index in [1.165, 1.54) is 19.2 Å². The number of rotatable bonds is 11. The molecule has 3 fully saturated rings. The van der Waals surface area contributed by atoms with Crippen LogP contribution in [0.2, 0.25) is 0 Å². The molecule has 10 atom stereocenters. The second-order valence-corrected chi connectivity index (χ2v) is 11.8. The summed E-state index contributed by atoms with van der Waals surface area (Å²) in [6.07, 6.45) is -11.9. The Balaban J connectivity index is 1.70. The first-order chi connectivity index (χ1) is 24.2. The van der Waals surface area contributed by atoms with E-state index in [1.54, 1.807) is 12.1 Å². The smallest absolute Gasteiger partial charge is 0.338 e. The maximum atomic E-state index is 13.7. The summed E-state index contributed by atoms with van der Waals surface area (Å²) in [7, 11) is 1.46. The lowest BCUT2D eigenvalue weighted by molar-refractivity contribution is -0.352. The second kappa shape index (κ2) is 17.5. The average molecular weight is 725 g/mol. The van der Waals surface area contributed by atoms with Crippen molar-refractivity contribution >= 4 is 41.6 Å². The lowest BCUT2D eigenvalue weighted by Crippen LogP contribution is -2.64. The van der Waals surface area contributed by atoms with Crippen molar-refractivity contribution in [3.63, 3.8) is 0 Å². The lowest BCUT2D eigenvalue weighted by Gasteiger charge is -2.46. The number of Topliss-reactive ketones (excluding diaryl/α,β-unsaturated/α-hetero) is 1. The minimum atomic E-state index is -1.68. The predicted molar refractivity (Wildman–Crippen MR) is 163 cm³/mol. The lowest BCUT2D eigenvalue weighted by atomic mass is 9.80. The number of carbonyl (C=O) groups is 7. The van der Waals surface area contributed by atoms with Gasteiger partial charge in [0.2, 0.25) is 12.6 Å². The summed E-state index contributed by atoms with van der Waals surface area (Å²) in [6.45, 7) is 4.24. The predicted octanol–water partition coefficient (Wildman–Crippen LogP) is 0.788. The number of hydrogen-bond acceptors (Lipinski definition) is 18. The summed E-state index contributed by atoms with van der Waals surface area (Å²) in [4.78, 5) is 87.5. The van der Waals surface area contributed by atoms with Crippen molar-refractivity contribution < 1.29 is 85.7 Å². The van der Waals surface area contributed by atoms with Gasteiger partial charge in [-0.05, 0) is 30.7 Å². The average Bonchev–Trinajstić information content (AvgIpc) is 3.18. The van der Waals surface area contributed by atoms with Gasteiger partial charge in [-0.25, -0.2) is 4.79 Å². The molecule has 280 valence electrons. The van der Waals surface area contributed by atoms with Crippen LogP contribution in [-0.2, 0) is 76.1 Å². The number of carbonyl (C=O) groups excluding carboxylic acids is 7. The number of ketones is 1. The van der Waals surface area contributed by atoms with Gasteiger partial charge in [-0.1, -0.05) is 0 Å². The Morgan fingerprint density at radius 2 is 1.29 bits per heavy atom. The molecule has 0 aliphatic carbocycles. The normalized spacial score (nSPS) is 30.4. The molecule has 3 aliphatic heterocycles. The van der Waals surface area contributed by atoms with Gasteiger partial charge in [0, 0.05) is 40.5 Å². The molecule has 0 unspecified atom stereocenters. The Labute approximate surface area is 292 Å². The Morgan fingerprint density at radius 3 is 1.88 bits per heavy atom. The standard InChI is InChI=1S/C33H40O18/c1-15(34)43-14-24-27(45-16(2)35)28(46-17(3)36)29(47-18(4)37)33(49-24)51-31-25-22(11-12-42-31)26(32(48-19(5)38)44-13-23(25)39)50-30(40)20-7-9-21(41-6)10-8-20/h7-10,22,24-29,31-33H,11-14H2,1-6H3/t22-,24-,25-,26+,27-,28+,29-,31-,32+,33+/m1/s1. The van der Waals surface area contributed by atoms with Crippen molar-refractivity contribution in [1.82, 2.24) is 0 Å². The molecule has 0 saturated carbocycles. The summed E-state index contributed by atoms with van der Waals surface area (Å²) in [5.74, 6) is -7.13. The fraction of sp³-hybridized carbons (Fsp3) is 0.606. The highest BCUT2D eigenvalue weighted by molar-refractivity contribution is 5.90. The van der Waals surface area contributed by atoms with E-state index in [-0.39, 0.29) is 18.6 Å². The molecule has 18 heteroatoms. The van der Waals surface area contributed by atoms with Crippen LogP contribution in [0, 0.1) is 11.8 Å². The number of esters is 6. The van der Waals surface area contributed by atoms with Gasteiger partial charge in [0.1, 0.15) is 25.1 Å². The molecule has 51 heavy (non-hydrogen) atoms. The van der Waals surface area contributed by atoms with Crippen LogP contribution in [0.4, 0.5) is 0 Å². The fourth-order valence-electron chi connectivity index (χ4n) is 6.00. The largest absolute Gasteiger partial charge is 0.497 e. The molecule has 0 amide bonds. The molecular formula is C33H40O18. The monoisotopic (exact) mass is 724 g/mol. The Hall–Kier alpha value is -4.65. The first-order valence-electron chi connectivity index (χ1n) is 15.9. The molecule has 4 rings (SSSR count). The van der Waals surface area contributed by atoms with Crippen molar-refractivity contribution in [2.75, 3.05) is 26.9 Å². The third kappa shape index (κ3) is 10.2. The summed E-state index contributed by atoms with van der Waals surface area (Å²) < 4.78 is 61.5. The molecule has 1 aromatic rings. The van der Waals surface area contributed by atoms with Crippen LogP contribution < -0.4 is 4.74 Å². The van der Waals surface area contributed by atoms with Crippen molar-refractivity contribution in [3.05, 3.63) is 29.8 Å². The van der Waals surface area contributed by atoms with E-state index in [0.29, 0.717) is 5.75 Å². The zero-order chi connectivity index (χ0) is 37.4. The number of benzene rings is 1. The maximum Gasteiger partial charge on any atom is 0.338 e. The van der Waals surface area contributed by atoms with E-state index in [2.05, 4.69) is 0 Å². The number of ether oxygens (including phenoxy) is 11. The molecule has 0 radical (unpaired) electrons. The summed E-state index contributed by atoms with van der Waals surface area (Å²) in [6, 6.07) is 6.01. The molecule has 0 N–H and O–H groups in total. The van der Waals surface area contributed by atoms with Crippen LogP contribution in [-0.4, -0.2) is 118 Å². The summed E-state index contributed by atoms with van der Waals surface area (Å²) >= 11 is 0. The Kier molecular flexibility index (Phi) is 13.4. The van der Waals surface area contributed by atoms with Gasteiger partial charge in [-0.2, -0.15) is 0 Å². The number of methoxy groups -OCH3 is 1. The van der Waals surface area contributed by atoms with E-state index in [9.17, 15) is 33.6 Å². The second-order valence-electron chi connectivity index (χ2n) is 11.8. The summed E-state index contributed by atoms with van der Waals surface area (Å²) in [5, 5.41) is 0. The van der Waals surface area contributed by atoms with Crippen molar-refractivity contribution in [2.24, 2.45) is 11.8 Å². The molecule has 0 aromatic heterocycles. The van der Waals surface area contributed by atoms with E-state index < -0.39 is 116 Å². The third-order valence-corrected chi connectivity index (χ3v) is 8.01. The van der Waals surface area contributed by atoms with E-state index in [0.717, 1.165) is 34.6 Å². The zero-order valence-corrected chi connectivity index (χ0v) is 28.8. The highest BCUT2D eigenvalue weighted by atomic mass is 16.8. The first-order valence-corrected chi connectivity index (χ1v) is 15.9. The van der Waals surface area contributed by atoms with Crippen LogP contribution in [0.5, 0.6) is 5.75 Å². The van der Waals surface area contributed by atoms with E-state index in [4.69, 9.17) is 52.1 Å². The topological polar surface area (TPSA) is 221 Å². The Morgan fingerprint density at radius 1 is 0.686 bits per heavy atom. The molecule has 3 saturated heterocycles. The third-order valence-electron chi connectivity index (χ3n) is 8.01. The highest BCUT2D eigenvalue weighted by Gasteiger charge is 2.56. The van der Waals surface area contributed by atoms with Crippen LogP contribution in [0.3, 0.4) is 0 Å². The van der Waals surface area contributed by atoms with Crippen LogP contribution in [0.1, 0.15) is 51.4 Å². The maximum absolute atomic E-state index is 13.7. The van der Waals surface area contributed by atoms with Gasteiger partial charge in [-0.3, -0.25) is 28.8 Å². The van der Waals surface area contributed by atoms with E-state index in [1.807, 2.05) is 0 Å².